The third-order valence-corrected chi connectivity index (χ3v) is 2.17. The maximum absolute atomic E-state index is 8.69. The van der Waals surface area contributed by atoms with Crippen molar-refractivity contribution in [3.8, 4) is 0 Å². The van der Waals surface area contributed by atoms with E-state index in [0.29, 0.717) is 6.42 Å². The van der Waals surface area contributed by atoms with Gasteiger partial charge in [-0.1, -0.05) is 23.7 Å². The molecule has 0 aliphatic carbocycles. The van der Waals surface area contributed by atoms with E-state index in [2.05, 4.69) is 0 Å². The summed E-state index contributed by atoms with van der Waals surface area (Å²) in [6, 6.07) is 5.75. The molecule has 0 aliphatic rings. The second-order valence-corrected chi connectivity index (χ2v) is 2.90. The Balaban J connectivity index is 2.96. The van der Waals surface area contributed by atoms with E-state index in [-0.39, 0.29) is 6.54 Å². The molecule has 0 spiro atoms. The molecule has 0 fully saturated rings. The molecule has 1 nitrogen and oxygen atoms in total. The molecule has 1 rings (SSSR count). The topological polar surface area (TPSA) is 22.3 Å². The molecule has 0 aromatic heterocycles. The minimum Gasteiger partial charge on any atom is -0.145 e. The highest BCUT2D eigenvalue weighted by Gasteiger charge is 1.99. The van der Waals surface area contributed by atoms with Crippen molar-refractivity contribution in [3.05, 3.63) is 34.3 Å². The summed E-state index contributed by atoms with van der Waals surface area (Å²) in [5.74, 6) is 0. The highest BCUT2D eigenvalue weighted by molar-refractivity contribution is 6.31. The molecular weight excluding hydrogens is 158 g/mol. The maximum atomic E-state index is 8.69. The average molecular weight is 168 g/mol. The first-order chi connectivity index (χ1) is 5.25. The lowest BCUT2D eigenvalue weighted by molar-refractivity contribution is 0.932. The first-order valence-electron chi connectivity index (χ1n) is 3.60. The van der Waals surface area contributed by atoms with Gasteiger partial charge in [-0.15, -0.1) is 5.73 Å². The van der Waals surface area contributed by atoms with Crippen LogP contribution < -0.4 is 5.73 Å². The Hall–Kier alpha value is -0.530. The molecule has 58 valence electrons. The molecule has 0 bridgehead atoms. The van der Waals surface area contributed by atoms with Crippen molar-refractivity contribution in [1.82, 2.24) is 5.73 Å². The molecular formula is C9H10ClN. The number of hydrogen-bond acceptors (Lipinski definition) is 0. The molecule has 1 aromatic rings. The Morgan fingerprint density at radius 3 is 2.82 bits per heavy atom. The van der Waals surface area contributed by atoms with Crippen LogP contribution in [0.25, 0.3) is 0 Å². The normalized spacial score (nSPS) is 10.1. The van der Waals surface area contributed by atoms with Gasteiger partial charge in [-0.3, -0.25) is 0 Å². The van der Waals surface area contributed by atoms with Gasteiger partial charge in [-0.25, -0.2) is 0 Å². The Bertz CT molecular complexity index is 245. The van der Waals surface area contributed by atoms with Gasteiger partial charge in [0.1, 0.15) is 0 Å². The molecule has 0 atom stereocenters. The maximum Gasteiger partial charge on any atom is 0.0437 e. The van der Waals surface area contributed by atoms with E-state index in [1.54, 1.807) is 0 Å². The Labute approximate surface area is 72.2 Å². The second kappa shape index (κ2) is 3.74. The lowest BCUT2D eigenvalue weighted by Crippen LogP contribution is -1.95. The number of hydrogen-bond donors (Lipinski definition) is 0. The van der Waals surface area contributed by atoms with Crippen LogP contribution in [0.1, 0.15) is 11.1 Å². The van der Waals surface area contributed by atoms with Gasteiger partial charge in [-0.2, -0.15) is 0 Å². The van der Waals surface area contributed by atoms with Crippen LogP contribution in [-0.4, -0.2) is 6.54 Å². The molecule has 2 radical (unpaired) electrons. The van der Waals surface area contributed by atoms with Crippen molar-refractivity contribution in [2.45, 2.75) is 13.3 Å². The third kappa shape index (κ3) is 1.95. The lowest BCUT2D eigenvalue weighted by Gasteiger charge is -2.03. The van der Waals surface area contributed by atoms with E-state index in [9.17, 15) is 0 Å². The van der Waals surface area contributed by atoms with E-state index in [4.69, 9.17) is 17.3 Å². The monoisotopic (exact) mass is 167 g/mol. The van der Waals surface area contributed by atoms with E-state index < -0.39 is 0 Å². The first kappa shape index (κ1) is 8.57. The number of benzene rings is 1. The predicted octanol–water partition coefficient (Wildman–Crippen LogP) is 2.26. The van der Waals surface area contributed by atoms with Crippen LogP contribution in [0.5, 0.6) is 0 Å². The third-order valence-electron chi connectivity index (χ3n) is 1.76. The molecule has 0 unspecified atom stereocenters. The smallest absolute Gasteiger partial charge is 0.0437 e. The fraction of sp³-hybridized carbons (Fsp3) is 0.333. The molecule has 0 heterocycles. The van der Waals surface area contributed by atoms with Crippen LogP contribution in [-0.2, 0) is 6.42 Å². The quantitative estimate of drug-likeness (QED) is 0.645. The van der Waals surface area contributed by atoms with Gasteiger partial charge in [0.2, 0.25) is 0 Å². The molecule has 0 N–H and O–H groups in total. The molecule has 0 amide bonds. The second-order valence-electron chi connectivity index (χ2n) is 2.50. The fourth-order valence-electron chi connectivity index (χ4n) is 1.04. The van der Waals surface area contributed by atoms with Gasteiger partial charge in [-0.05, 0) is 30.5 Å². The number of halogens is 1. The minimum absolute atomic E-state index is 0.182. The van der Waals surface area contributed by atoms with E-state index in [0.717, 1.165) is 16.1 Å². The average Bonchev–Trinajstić information content (AvgIpc) is 1.99. The molecule has 11 heavy (non-hydrogen) atoms. The van der Waals surface area contributed by atoms with E-state index in [1.165, 1.54) is 0 Å². The summed E-state index contributed by atoms with van der Waals surface area (Å²) in [4.78, 5) is 0. The first-order valence-corrected chi connectivity index (χ1v) is 3.98. The zero-order chi connectivity index (χ0) is 8.27. The summed E-state index contributed by atoms with van der Waals surface area (Å²) < 4.78 is 0. The fourth-order valence-corrected chi connectivity index (χ4v) is 1.24. The Morgan fingerprint density at radius 2 is 2.18 bits per heavy atom. The summed E-state index contributed by atoms with van der Waals surface area (Å²) in [5.41, 5.74) is 10.9. The van der Waals surface area contributed by atoms with Crippen molar-refractivity contribution < 1.29 is 0 Å². The zero-order valence-electron chi connectivity index (χ0n) is 6.47. The van der Waals surface area contributed by atoms with E-state index in [1.807, 2.05) is 25.1 Å². The van der Waals surface area contributed by atoms with E-state index >= 15 is 0 Å². The van der Waals surface area contributed by atoms with Gasteiger partial charge < -0.3 is 0 Å². The lowest BCUT2D eigenvalue weighted by atomic mass is 10.1. The highest BCUT2D eigenvalue weighted by Crippen LogP contribution is 2.18. The molecule has 0 saturated heterocycles. The minimum atomic E-state index is 0.182. The van der Waals surface area contributed by atoms with Crippen LogP contribution in [0.4, 0.5) is 0 Å². The van der Waals surface area contributed by atoms with Gasteiger partial charge in [0.25, 0.3) is 0 Å². The molecule has 0 saturated carbocycles. The van der Waals surface area contributed by atoms with Crippen molar-refractivity contribution in [1.29, 1.82) is 0 Å². The van der Waals surface area contributed by atoms with Crippen LogP contribution in [0, 0.1) is 6.92 Å². The van der Waals surface area contributed by atoms with Crippen molar-refractivity contribution >= 4 is 11.6 Å². The zero-order valence-corrected chi connectivity index (χ0v) is 7.23. The van der Waals surface area contributed by atoms with Crippen LogP contribution in [0.15, 0.2) is 18.2 Å². The SMILES string of the molecule is Cc1c(Cl)cccc1CC[N]. The summed E-state index contributed by atoms with van der Waals surface area (Å²) in [7, 11) is 0. The summed E-state index contributed by atoms with van der Waals surface area (Å²) >= 11 is 5.87. The summed E-state index contributed by atoms with van der Waals surface area (Å²) in [6.07, 6.45) is 0.687. The predicted molar refractivity (Wildman–Crippen MR) is 46.9 cm³/mol. The summed E-state index contributed by atoms with van der Waals surface area (Å²) in [5, 5.41) is 0.774. The van der Waals surface area contributed by atoms with Gasteiger partial charge >= 0.3 is 0 Å². The molecule has 0 aliphatic heterocycles. The van der Waals surface area contributed by atoms with Crippen molar-refractivity contribution in [2.75, 3.05) is 6.54 Å². The van der Waals surface area contributed by atoms with Crippen LogP contribution in [0.3, 0.4) is 0 Å². The number of rotatable bonds is 2. The van der Waals surface area contributed by atoms with Gasteiger partial charge in [0, 0.05) is 11.6 Å². The standard InChI is InChI=1S/C9H10ClN/c1-7-8(5-6-11)3-2-4-9(7)10/h2-4H,5-6H2,1H3. The Morgan fingerprint density at radius 1 is 1.45 bits per heavy atom. The molecule has 1 aromatic carbocycles. The van der Waals surface area contributed by atoms with Crippen molar-refractivity contribution in [2.24, 2.45) is 0 Å². The largest absolute Gasteiger partial charge is 0.145 e. The highest BCUT2D eigenvalue weighted by atomic mass is 35.5. The van der Waals surface area contributed by atoms with Gasteiger partial charge in [0.15, 0.2) is 0 Å². The Kier molecular flexibility index (Phi) is 2.92. The molecule has 2 heteroatoms. The van der Waals surface area contributed by atoms with Crippen LogP contribution >= 0.6 is 11.6 Å². The van der Waals surface area contributed by atoms with Crippen LogP contribution in [0.2, 0.25) is 5.02 Å². The van der Waals surface area contributed by atoms with Gasteiger partial charge in [0.05, 0.1) is 0 Å². The van der Waals surface area contributed by atoms with Crippen molar-refractivity contribution in [3.63, 3.8) is 0 Å². The number of nitrogens with zero attached hydrogens (tertiary/aromatic N) is 1. The summed E-state index contributed by atoms with van der Waals surface area (Å²) in [6.45, 7) is 2.15.